The molecule has 1 rings (SSSR count). The van der Waals surface area contributed by atoms with Crippen molar-refractivity contribution in [2.24, 2.45) is 11.8 Å². The van der Waals surface area contributed by atoms with Crippen LogP contribution in [0, 0.1) is 11.8 Å². The highest BCUT2D eigenvalue weighted by Crippen LogP contribution is 2.29. The van der Waals surface area contributed by atoms with Gasteiger partial charge in [0.15, 0.2) is 0 Å². The molecule has 0 aliphatic carbocycles. The number of carbonyl (C=O) groups is 2. The first-order chi connectivity index (χ1) is 7.43. The third kappa shape index (κ3) is 3.14. The highest BCUT2D eigenvalue weighted by molar-refractivity contribution is 7.81. The van der Waals surface area contributed by atoms with Crippen LogP contribution in [0.25, 0.3) is 0 Å². The minimum Gasteiger partial charge on any atom is -0.480 e. The summed E-state index contributed by atoms with van der Waals surface area (Å²) in [6.07, 6.45) is 1.76. The van der Waals surface area contributed by atoms with Crippen molar-refractivity contribution >= 4 is 24.5 Å². The van der Waals surface area contributed by atoms with E-state index in [4.69, 9.17) is 5.11 Å². The van der Waals surface area contributed by atoms with Crippen molar-refractivity contribution in [1.82, 2.24) is 4.90 Å². The van der Waals surface area contributed by atoms with Gasteiger partial charge in [0.2, 0.25) is 5.91 Å². The third-order valence-corrected chi connectivity index (χ3v) is 4.17. The Morgan fingerprint density at radius 1 is 1.38 bits per heavy atom. The van der Waals surface area contributed by atoms with Gasteiger partial charge in [-0.2, -0.15) is 12.6 Å². The van der Waals surface area contributed by atoms with Crippen molar-refractivity contribution in [3.63, 3.8) is 0 Å². The Kier molecular flexibility index (Phi) is 4.65. The number of rotatable bonds is 3. The summed E-state index contributed by atoms with van der Waals surface area (Å²) in [7, 11) is 0. The Bertz CT molecular complexity index is 274. The first kappa shape index (κ1) is 13.4. The molecule has 0 saturated carbocycles. The summed E-state index contributed by atoms with van der Waals surface area (Å²) in [4.78, 5) is 23.8. The number of hydrogen-bond donors (Lipinski definition) is 2. The number of hydrogen-bond acceptors (Lipinski definition) is 3. The molecule has 0 radical (unpaired) electrons. The van der Waals surface area contributed by atoms with Gasteiger partial charge in [0.25, 0.3) is 0 Å². The second-order valence-corrected chi connectivity index (χ2v) is 5.04. The van der Waals surface area contributed by atoms with E-state index in [9.17, 15) is 9.59 Å². The summed E-state index contributed by atoms with van der Waals surface area (Å²) in [6.45, 7) is 4.98. The number of piperidine rings is 1. The topological polar surface area (TPSA) is 57.6 Å². The van der Waals surface area contributed by atoms with E-state index in [0.717, 1.165) is 25.9 Å². The monoisotopic (exact) mass is 245 g/mol. The quantitative estimate of drug-likeness (QED) is 0.736. The van der Waals surface area contributed by atoms with Crippen LogP contribution in [0.1, 0.15) is 26.7 Å². The van der Waals surface area contributed by atoms with Gasteiger partial charge in [-0.3, -0.25) is 9.59 Å². The lowest BCUT2D eigenvalue weighted by atomic mass is 9.83. The van der Waals surface area contributed by atoms with Crippen LogP contribution < -0.4 is 0 Å². The average Bonchev–Trinajstić information content (AvgIpc) is 2.27. The van der Waals surface area contributed by atoms with E-state index in [2.05, 4.69) is 12.6 Å². The molecule has 16 heavy (non-hydrogen) atoms. The van der Waals surface area contributed by atoms with Gasteiger partial charge < -0.3 is 10.0 Å². The number of carbonyl (C=O) groups excluding carboxylic acids is 1. The normalized spacial score (nSPS) is 21.6. The van der Waals surface area contributed by atoms with Crippen LogP contribution in [-0.4, -0.2) is 40.2 Å². The molecule has 0 aromatic rings. The molecule has 92 valence electrons. The number of aliphatic carboxylic acids is 1. The maximum absolute atomic E-state index is 11.1. The Balaban J connectivity index is 2.47. The molecule has 0 aromatic heterocycles. The largest absolute Gasteiger partial charge is 0.480 e. The van der Waals surface area contributed by atoms with E-state index >= 15 is 0 Å². The number of carboxylic acid groups (broad SMARTS) is 1. The van der Waals surface area contributed by atoms with Gasteiger partial charge in [-0.05, 0) is 24.7 Å². The molecule has 1 aliphatic rings. The van der Waals surface area contributed by atoms with Gasteiger partial charge in [-0.15, -0.1) is 0 Å². The Hall–Kier alpha value is -0.710. The number of thiol groups is 1. The fourth-order valence-electron chi connectivity index (χ4n) is 2.22. The molecule has 2 unspecified atom stereocenters. The predicted octanol–water partition coefficient (Wildman–Crippen LogP) is 1.26. The third-order valence-electron chi connectivity index (χ3n) is 3.48. The Labute approximate surface area is 101 Å². The molecule has 1 saturated heterocycles. The first-order valence-corrected chi connectivity index (χ1v) is 6.11. The highest BCUT2D eigenvalue weighted by Gasteiger charge is 2.31. The smallest absolute Gasteiger partial charge is 0.316 e. The van der Waals surface area contributed by atoms with Crippen LogP contribution in [0.3, 0.4) is 0 Å². The van der Waals surface area contributed by atoms with Crippen molar-refractivity contribution in [3.8, 4) is 0 Å². The van der Waals surface area contributed by atoms with Gasteiger partial charge in [-0.1, -0.05) is 6.92 Å². The fourth-order valence-corrected chi connectivity index (χ4v) is 2.47. The molecular formula is C11H19NO3S. The molecule has 4 nitrogen and oxygen atoms in total. The van der Waals surface area contributed by atoms with E-state index in [1.165, 1.54) is 0 Å². The van der Waals surface area contributed by atoms with E-state index in [1.807, 2.05) is 11.8 Å². The predicted molar refractivity (Wildman–Crippen MR) is 64.6 cm³/mol. The standard InChI is InChI=1S/C11H19NO3S/c1-7(10(16)11(14)15)9-3-5-12(6-4-9)8(2)13/h7,9-10,16H,3-6H2,1-2H3,(H,14,15). The van der Waals surface area contributed by atoms with Crippen LogP contribution in [0.2, 0.25) is 0 Å². The molecule has 1 amide bonds. The molecule has 5 heteroatoms. The van der Waals surface area contributed by atoms with Crippen molar-refractivity contribution < 1.29 is 14.7 Å². The second kappa shape index (κ2) is 5.57. The lowest BCUT2D eigenvalue weighted by Crippen LogP contribution is -2.40. The molecule has 0 bridgehead atoms. The maximum Gasteiger partial charge on any atom is 0.316 e. The summed E-state index contributed by atoms with van der Waals surface area (Å²) < 4.78 is 0. The average molecular weight is 245 g/mol. The lowest BCUT2D eigenvalue weighted by Gasteiger charge is -2.35. The van der Waals surface area contributed by atoms with Crippen LogP contribution >= 0.6 is 12.6 Å². The zero-order valence-electron chi connectivity index (χ0n) is 9.72. The minimum atomic E-state index is -0.857. The van der Waals surface area contributed by atoms with Gasteiger partial charge in [-0.25, -0.2) is 0 Å². The molecule has 0 spiro atoms. The second-order valence-electron chi connectivity index (χ2n) is 4.49. The summed E-state index contributed by atoms with van der Waals surface area (Å²) in [5, 5.41) is 8.28. The van der Waals surface area contributed by atoms with Crippen molar-refractivity contribution in [2.75, 3.05) is 13.1 Å². The van der Waals surface area contributed by atoms with Crippen molar-refractivity contribution in [3.05, 3.63) is 0 Å². The molecule has 1 N–H and O–H groups in total. The molecule has 1 aliphatic heterocycles. The zero-order chi connectivity index (χ0) is 12.3. The Morgan fingerprint density at radius 2 is 1.88 bits per heavy atom. The van der Waals surface area contributed by atoms with Gasteiger partial charge in [0, 0.05) is 20.0 Å². The van der Waals surface area contributed by atoms with Crippen molar-refractivity contribution in [2.45, 2.75) is 31.9 Å². The van der Waals surface area contributed by atoms with Gasteiger partial charge in [0.05, 0.1) is 0 Å². The molecule has 1 fully saturated rings. The number of amides is 1. The van der Waals surface area contributed by atoms with Crippen LogP contribution in [0.15, 0.2) is 0 Å². The molecule has 2 atom stereocenters. The van der Waals surface area contributed by atoms with Gasteiger partial charge >= 0.3 is 5.97 Å². The molecule has 1 heterocycles. The summed E-state index contributed by atoms with van der Waals surface area (Å²) in [6, 6.07) is 0. The zero-order valence-corrected chi connectivity index (χ0v) is 10.6. The summed E-state index contributed by atoms with van der Waals surface area (Å²) in [5.41, 5.74) is 0. The summed E-state index contributed by atoms with van der Waals surface area (Å²) >= 11 is 4.11. The maximum atomic E-state index is 11.1. The van der Waals surface area contributed by atoms with Crippen LogP contribution in [0.5, 0.6) is 0 Å². The number of likely N-dealkylation sites (tertiary alicyclic amines) is 1. The van der Waals surface area contributed by atoms with E-state index in [1.54, 1.807) is 6.92 Å². The van der Waals surface area contributed by atoms with E-state index < -0.39 is 11.2 Å². The Morgan fingerprint density at radius 3 is 2.25 bits per heavy atom. The van der Waals surface area contributed by atoms with E-state index in [-0.39, 0.29) is 11.8 Å². The van der Waals surface area contributed by atoms with E-state index in [0.29, 0.717) is 5.92 Å². The van der Waals surface area contributed by atoms with Gasteiger partial charge in [0.1, 0.15) is 5.25 Å². The first-order valence-electron chi connectivity index (χ1n) is 5.60. The van der Waals surface area contributed by atoms with Crippen LogP contribution in [-0.2, 0) is 9.59 Å². The molecular weight excluding hydrogens is 226 g/mol. The molecule has 0 aromatic carbocycles. The SMILES string of the molecule is CC(=O)N1CCC(C(C)C(S)C(=O)O)CC1. The van der Waals surface area contributed by atoms with Crippen molar-refractivity contribution in [1.29, 1.82) is 0 Å². The number of carboxylic acids is 1. The number of nitrogens with zero attached hydrogens (tertiary/aromatic N) is 1. The highest BCUT2D eigenvalue weighted by atomic mass is 32.1. The summed E-state index contributed by atoms with van der Waals surface area (Å²) in [5.74, 6) is -0.347. The lowest BCUT2D eigenvalue weighted by molar-refractivity contribution is -0.138. The fraction of sp³-hybridized carbons (Fsp3) is 0.818. The minimum absolute atomic E-state index is 0.0509. The van der Waals surface area contributed by atoms with Crippen LogP contribution in [0.4, 0.5) is 0 Å².